The Morgan fingerprint density at radius 1 is 1.39 bits per heavy atom. The zero-order valence-electron chi connectivity index (χ0n) is 11.5. The Kier molecular flexibility index (Phi) is 6.19. The maximum absolute atomic E-state index is 11.9. The number of nitrogens with zero attached hydrogens (tertiary/aromatic N) is 1. The number of rotatable bonds is 7. The van der Waals surface area contributed by atoms with Crippen LogP contribution in [0.1, 0.15) is 50.0 Å². The molecule has 1 aromatic rings. The van der Waals surface area contributed by atoms with Crippen LogP contribution < -0.4 is 10.6 Å². The Hall–Kier alpha value is -1.58. The van der Waals surface area contributed by atoms with Gasteiger partial charge in [-0.25, -0.2) is 4.98 Å². The topological polar surface area (TPSA) is 54.0 Å². The molecule has 4 heteroatoms. The largest absolute Gasteiger partial charge is 0.387 e. The Morgan fingerprint density at radius 2 is 2.17 bits per heavy atom. The molecule has 2 N–H and O–H groups in total. The third-order valence-corrected chi connectivity index (χ3v) is 2.90. The van der Waals surface area contributed by atoms with Crippen LogP contribution in [0.3, 0.4) is 0 Å². The Morgan fingerprint density at radius 3 is 2.72 bits per heavy atom. The van der Waals surface area contributed by atoms with Crippen molar-refractivity contribution in [2.45, 2.75) is 45.6 Å². The summed E-state index contributed by atoms with van der Waals surface area (Å²) in [6, 6.07) is 3.79. The first-order chi connectivity index (χ1) is 8.67. The summed E-state index contributed by atoms with van der Waals surface area (Å²) < 4.78 is 0. The van der Waals surface area contributed by atoms with Crippen molar-refractivity contribution in [1.29, 1.82) is 0 Å². The van der Waals surface area contributed by atoms with Crippen LogP contribution in [0.25, 0.3) is 0 Å². The van der Waals surface area contributed by atoms with Crippen molar-refractivity contribution in [2.24, 2.45) is 0 Å². The van der Waals surface area contributed by atoms with Crippen molar-refractivity contribution in [2.75, 3.05) is 12.4 Å². The molecule has 0 spiro atoms. The standard InChI is InChI=1S/C14H23N3O/c1-4-5-6-7-11(2)17-14(18)13-9-8-12(15-3)10-16-13/h8-11,15H,4-7H2,1-3H3,(H,17,18). The minimum Gasteiger partial charge on any atom is -0.387 e. The second-order valence-corrected chi connectivity index (χ2v) is 4.55. The Labute approximate surface area is 109 Å². The van der Waals surface area contributed by atoms with E-state index in [1.807, 2.05) is 20.0 Å². The molecule has 0 saturated carbocycles. The highest BCUT2D eigenvalue weighted by molar-refractivity contribution is 5.92. The van der Waals surface area contributed by atoms with E-state index in [0.29, 0.717) is 5.69 Å². The van der Waals surface area contributed by atoms with Crippen molar-refractivity contribution in [3.63, 3.8) is 0 Å². The number of hydrogen-bond donors (Lipinski definition) is 2. The van der Waals surface area contributed by atoms with Gasteiger partial charge in [0.1, 0.15) is 5.69 Å². The van der Waals surface area contributed by atoms with Gasteiger partial charge in [-0.15, -0.1) is 0 Å². The van der Waals surface area contributed by atoms with E-state index < -0.39 is 0 Å². The van der Waals surface area contributed by atoms with Crippen LogP contribution in [-0.2, 0) is 0 Å². The molecule has 0 bridgehead atoms. The van der Waals surface area contributed by atoms with E-state index in [9.17, 15) is 4.79 Å². The number of pyridine rings is 1. The summed E-state index contributed by atoms with van der Waals surface area (Å²) >= 11 is 0. The number of unbranched alkanes of at least 4 members (excludes halogenated alkanes) is 2. The fourth-order valence-corrected chi connectivity index (χ4v) is 1.75. The van der Waals surface area contributed by atoms with E-state index in [0.717, 1.165) is 18.5 Å². The van der Waals surface area contributed by atoms with Gasteiger partial charge in [-0.3, -0.25) is 4.79 Å². The van der Waals surface area contributed by atoms with Crippen molar-refractivity contribution in [1.82, 2.24) is 10.3 Å². The molecule has 1 rings (SSSR count). The maximum Gasteiger partial charge on any atom is 0.270 e. The first-order valence-corrected chi connectivity index (χ1v) is 6.62. The maximum atomic E-state index is 11.9. The van der Waals surface area contributed by atoms with Crippen LogP contribution >= 0.6 is 0 Å². The van der Waals surface area contributed by atoms with Gasteiger partial charge < -0.3 is 10.6 Å². The molecular weight excluding hydrogens is 226 g/mol. The lowest BCUT2D eigenvalue weighted by Crippen LogP contribution is -2.33. The smallest absolute Gasteiger partial charge is 0.270 e. The molecule has 18 heavy (non-hydrogen) atoms. The summed E-state index contributed by atoms with van der Waals surface area (Å²) in [7, 11) is 1.83. The van der Waals surface area contributed by atoms with Crippen molar-refractivity contribution in [3.05, 3.63) is 24.0 Å². The molecule has 0 saturated heterocycles. The molecule has 0 fully saturated rings. The second kappa shape index (κ2) is 7.69. The molecule has 1 aromatic heterocycles. The van der Waals surface area contributed by atoms with Gasteiger partial charge in [-0.1, -0.05) is 26.2 Å². The van der Waals surface area contributed by atoms with Crippen molar-refractivity contribution >= 4 is 11.6 Å². The number of hydrogen-bond acceptors (Lipinski definition) is 3. The molecule has 1 atom stereocenters. The highest BCUT2D eigenvalue weighted by Crippen LogP contribution is 2.06. The highest BCUT2D eigenvalue weighted by atomic mass is 16.1. The van der Waals surface area contributed by atoms with E-state index in [1.165, 1.54) is 12.8 Å². The fourth-order valence-electron chi connectivity index (χ4n) is 1.75. The summed E-state index contributed by atoms with van der Waals surface area (Å²) in [6.07, 6.45) is 6.26. The van der Waals surface area contributed by atoms with E-state index in [2.05, 4.69) is 22.5 Å². The predicted molar refractivity (Wildman–Crippen MR) is 74.9 cm³/mol. The lowest BCUT2D eigenvalue weighted by atomic mass is 10.1. The third kappa shape index (κ3) is 4.73. The van der Waals surface area contributed by atoms with Gasteiger partial charge in [-0.2, -0.15) is 0 Å². The number of amides is 1. The molecule has 1 amide bonds. The van der Waals surface area contributed by atoms with Crippen molar-refractivity contribution in [3.8, 4) is 0 Å². The molecular formula is C14H23N3O. The molecule has 0 aliphatic rings. The van der Waals surface area contributed by atoms with Crippen LogP contribution in [0.5, 0.6) is 0 Å². The zero-order valence-corrected chi connectivity index (χ0v) is 11.5. The lowest BCUT2D eigenvalue weighted by Gasteiger charge is -2.13. The summed E-state index contributed by atoms with van der Waals surface area (Å²) in [5.74, 6) is -0.0957. The molecule has 1 unspecified atom stereocenters. The summed E-state index contributed by atoms with van der Waals surface area (Å²) in [4.78, 5) is 16.0. The molecule has 0 aliphatic carbocycles. The SMILES string of the molecule is CCCCCC(C)NC(=O)c1ccc(NC)cn1. The third-order valence-electron chi connectivity index (χ3n) is 2.90. The molecule has 4 nitrogen and oxygen atoms in total. The van der Waals surface area contributed by atoms with Gasteiger partial charge in [0.2, 0.25) is 0 Å². The monoisotopic (exact) mass is 249 g/mol. The van der Waals surface area contributed by atoms with E-state index in [4.69, 9.17) is 0 Å². The van der Waals surface area contributed by atoms with Gasteiger partial charge in [0.25, 0.3) is 5.91 Å². The number of carbonyl (C=O) groups is 1. The highest BCUT2D eigenvalue weighted by Gasteiger charge is 2.10. The summed E-state index contributed by atoms with van der Waals surface area (Å²) in [5, 5.41) is 5.94. The summed E-state index contributed by atoms with van der Waals surface area (Å²) in [6.45, 7) is 4.21. The van der Waals surface area contributed by atoms with Gasteiger partial charge in [0.15, 0.2) is 0 Å². The fraction of sp³-hybridized carbons (Fsp3) is 0.571. The zero-order chi connectivity index (χ0) is 13.4. The van der Waals surface area contributed by atoms with Crippen molar-refractivity contribution < 1.29 is 4.79 Å². The Balaban J connectivity index is 2.43. The van der Waals surface area contributed by atoms with Gasteiger partial charge in [-0.05, 0) is 25.5 Å². The quantitative estimate of drug-likeness (QED) is 0.731. The molecule has 1 heterocycles. The first-order valence-electron chi connectivity index (χ1n) is 6.62. The number of anilines is 1. The first kappa shape index (κ1) is 14.5. The van der Waals surface area contributed by atoms with Crippen LogP contribution in [0.15, 0.2) is 18.3 Å². The minimum absolute atomic E-state index is 0.0957. The minimum atomic E-state index is -0.0957. The van der Waals surface area contributed by atoms with Gasteiger partial charge in [0, 0.05) is 13.1 Å². The predicted octanol–water partition coefficient (Wildman–Crippen LogP) is 2.82. The van der Waals surface area contributed by atoms with Crippen LogP contribution in [0.4, 0.5) is 5.69 Å². The van der Waals surface area contributed by atoms with E-state index in [1.54, 1.807) is 12.3 Å². The normalized spacial score (nSPS) is 11.9. The number of carbonyl (C=O) groups excluding carboxylic acids is 1. The molecule has 100 valence electrons. The Bertz CT molecular complexity index is 362. The van der Waals surface area contributed by atoms with Gasteiger partial charge in [0.05, 0.1) is 11.9 Å². The van der Waals surface area contributed by atoms with Crippen LogP contribution in [0.2, 0.25) is 0 Å². The molecule has 0 radical (unpaired) electrons. The number of aromatic nitrogens is 1. The van der Waals surface area contributed by atoms with Crippen LogP contribution in [0, 0.1) is 0 Å². The average Bonchev–Trinajstić information content (AvgIpc) is 2.39. The lowest BCUT2D eigenvalue weighted by molar-refractivity contribution is 0.0933. The average molecular weight is 249 g/mol. The van der Waals surface area contributed by atoms with Gasteiger partial charge >= 0.3 is 0 Å². The number of nitrogens with one attached hydrogen (secondary N) is 2. The summed E-state index contributed by atoms with van der Waals surface area (Å²) in [5.41, 5.74) is 1.37. The van der Waals surface area contributed by atoms with E-state index in [-0.39, 0.29) is 11.9 Å². The molecule has 0 aromatic carbocycles. The van der Waals surface area contributed by atoms with E-state index >= 15 is 0 Å². The molecule has 0 aliphatic heterocycles. The second-order valence-electron chi connectivity index (χ2n) is 4.55. The van der Waals surface area contributed by atoms with Crippen LogP contribution in [-0.4, -0.2) is 24.0 Å².